The third-order valence-corrected chi connectivity index (χ3v) is 3.16. The van der Waals surface area contributed by atoms with Crippen LogP contribution in [0.15, 0.2) is 48.2 Å². The molecule has 0 fully saturated rings. The molecule has 0 saturated heterocycles. The summed E-state index contributed by atoms with van der Waals surface area (Å²) >= 11 is 0. The quantitative estimate of drug-likeness (QED) is 0.502. The van der Waals surface area contributed by atoms with E-state index in [9.17, 15) is 23.1 Å². The SMILES string of the molecule is CC(=CC(=O)c1cc(F)c(F)c(F)c1O)NCc1ccccc1. The van der Waals surface area contributed by atoms with Gasteiger partial charge in [-0.15, -0.1) is 0 Å². The van der Waals surface area contributed by atoms with Gasteiger partial charge in [0.2, 0.25) is 5.82 Å². The zero-order valence-electron chi connectivity index (χ0n) is 12.2. The number of allylic oxidation sites excluding steroid dienone is 2. The van der Waals surface area contributed by atoms with Gasteiger partial charge in [0, 0.05) is 18.3 Å². The van der Waals surface area contributed by atoms with Gasteiger partial charge in [-0.2, -0.15) is 4.39 Å². The van der Waals surface area contributed by atoms with Crippen LogP contribution in [0.25, 0.3) is 0 Å². The van der Waals surface area contributed by atoms with Gasteiger partial charge in [-0.25, -0.2) is 8.78 Å². The van der Waals surface area contributed by atoms with E-state index in [1.807, 2.05) is 30.3 Å². The van der Waals surface area contributed by atoms with Crippen molar-refractivity contribution in [3.8, 4) is 5.75 Å². The summed E-state index contributed by atoms with van der Waals surface area (Å²) in [6, 6.07) is 9.84. The molecule has 6 heteroatoms. The van der Waals surface area contributed by atoms with Gasteiger partial charge < -0.3 is 10.4 Å². The number of halogens is 3. The number of nitrogens with one attached hydrogen (secondary N) is 1. The lowest BCUT2D eigenvalue weighted by atomic mass is 10.1. The second-order valence-electron chi connectivity index (χ2n) is 4.91. The number of phenols is 1. The smallest absolute Gasteiger partial charge is 0.204 e. The van der Waals surface area contributed by atoms with Crippen LogP contribution in [0.2, 0.25) is 0 Å². The van der Waals surface area contributed by atoms with Crippen molar-refractivity contribution < 1.29 is 23.1 Å². The Bertz CT molecular complexity index is 758. The van der Waals surface area contributed by atoms with Gasteiger partial charge in [-0.05, 0) is 18.6 Å². The van der Waals surface area contributed by atoms with Gasteiger partial charge >= 0.3 is 0 Å². The first kappa shape index (κ1) is 16.6. The summed E-state index contributed by atoms with van der Waals surface area (Å²) in [4.78, 5) is 12.0. The molecule has 0 heterocycles. The molecular weight excluding hydrogens is 307 g/mol. The summed E-state index contributed by atoms with van der Waals surface area (Å²) in [7, 11) is 0. The predicted octanol–water partition coefficient (Wildman–Crippen LogP) is 3.69. The molecule has 2 aromatic rings. The van der Waals surface area contributed by atoms with Crippen molar-refractivity contribution >= 4 is 5.78 Å². The Kier molecular flexibility index (Phi) is 5.05. The molecule has 0 bridgehead atoms. The molecule has 0 amide bonds. The summed E-state index contributed by atoms with van der Waals surface area (Å²) in [5, 5.41) is 12.4. The van der Waals surface area contributed by atoms with Crippen molar-refractivity contribution in [2.24, 2.45) is 0 Å². The standard InChI is InChI=1S/C17H14F3NO2/c1-10(21-9-11-5-3-2-4-6-11)7-14(22)12-8-13(18)15(19)16(20)17(12)23/h2-8,21,23H,9H2,1H3. The maximum atomic E-state index is 13.3. The Labute approximate surface area is 131 Å². The highest BCUT2D eigenvalue weighted by Crippen LogP contribution is 2.26. The van der Waals surface area contributed by atoms with Crippen molar-refractivity contribution in [3.63, 3.8) is 0 Å². The molecule has 0 radical (unpaired) electrons. The minimum absolute atomic E-state index is 0.434. The summed E-state index contributed by atoms with van der Waals surface area (Å²) in [5.41, 5.74) is 0.778. The van der Waals surface area contributed by atoms with Crippen LogP contribution in [0, 0.1) is 17.5 Å². The fourth-order valence-electron chi connectivity index (χ4n) is 1.94. The Balaban J connectivity index is 2.14. The van der Waals surface area contributed by atoms with Crippen LogP contribution >= 0.6 is 0 Å². The molecule has 0 aromatic heterocycles. The first-order valence-corrected chi connectivity index (χ1v) is 6.77. The Morgan fingerprint density at radius 3 is 2.48 bits per heavy atom. The van der Waals surface area contributed by atoms with E-state index < -0.39 is 34.5 Å². The van der Waals surface area contributed by atoms with E-state index in [0.29, 0.717) is 18.3 Å². The van der Waals surface area contributed by atoms with Crippen LogP contribution in [-0.4, -0.2) is 10.9 Å². The van der Waals surface area contributed by atoms with E-state index in [4.69, 9.17) is 0 Å². The average Bonchev–Trinajstić information content (AvgIpc) is 2.55. The number of carbonyl (C=O) groups excluding carboxylic acids is 1. The molecule has 0 unspecified atom stereocenters. The summed E-state index contributed by atoms with van der Waals surface area (Å²) in [6.07, 6.45) is 1.08. The van der Waals surface area contributed by atoms with Crippen molar-refractivity contribution in [2.45, 2.75) is 13.5 Å². The van der Waals surface area contributed by atoms with E-state index >= 15 is 0 Å². The molecular formula is C17H14F3NO2. The predicted molar refractivity (Wildman–Crippen MR) is 79.4 cm³/mol. The van der Waals surface area contributed by atoms with E-state index in [1.54, 1.807) is 6.92 Å². The molecule has 120 valence electrons. The molecule has 0 aliphatic carbocycles. The molecule has 23 heavy (non-hydrogen) atoms. The number of rotatable bonds is 5. The van der Waals surface area contributed by atoms with Crippen LogP contribution < -0.4 is 5.32 Å². The zero-order chi connectivity index (χ0) is 17.0. The number of carbonyl (C=O) groups is 1. The van der Waals surface area contributed by atoms with Crippen molar-refractivity contribution in [2.75, 3.05) is 0 Å². The van der Waals surface area contributed by atoms with Crippen molar-refractivity contribution in [1.29, 1.82) is 0 Å². The summed E-state index contributed by atoms with van der Waals surface area (Å²) in [5.74, 6) is -7.18. The summed E-state index contributed by atoms with van der Waals surface area (Å²) in [6.45, 7) is 2.04. The number of aromatic hydroxyl groups is 1. The third kappa shape index (κ3) is 3.91. The Hall–Kier alpha value is -2.76. The molecule has 0 aliphatic rings. The second kappa shape index (κ2) is 7.00. The average molecular weight is 321 g/mol. The lowest BCUT2D eigenvalue weighted by Gasteiger charge is -2.08. The van der Waals surface area contributed by atoms with Gasteiger partial charge in [-0.3, -0.25) is 4.79 Å². The monoisotopic (exact) mass is 321 g/mol. The molecule has 0 saturated carbocycles. The minimum atomic E-state index is -1.82. The second-order valence-corrected chi connectivity index (χ2v) is 4.91. The highest BCUT2D eigenvalue weighted by atomic mass is 19.2. The lowest BCUT2D eigenvalue weighted by molar-refractivity contribution is 0.104. The molecule has 0 spiro atoms. The van der Waals surface area contributed by atoms with E-state index in [0.717, 1.165) is 11.6 Å². The minimum Gasteiger partial charge on any atom is -0.504 e. The lowest BCUT2D eigenvalue weighted by Crippen LogP contribution is -2.12. The van der Waals surface area contributed by atoms with Crippen LogP contribution in [0.1, 0.15) is 22.8 Å². The normalized spacial score (nSPS) is 11.4. The Morgan fingerprint density at radius 1 is 1.17 bits per heavy atom. The van der Waals surface area contributed by atoms with Gasteiger partial charge in [0.1, 0.15) is 0 Å². The Morgan fingerprint density at radius 2 is 1.83 bits per heavy atom. The fraction of sp³-hybridized carbons (Fsp3) is 0.118. The van der Waals surface area contributed by atoms with Crippen LogP contribution in [0.4, 0.5) is 13.2 Å². The molecule has 2 rings (SSSR count). The first-order valence-electron chi connectivity index (χ1n) is 6.77. The maximum Gasteiger partial charge on any atom is 0.204 e. The van der Waals surface area contributed by atoms with Crippen molar-refractivity contribution in [1.82, 2.24) is 5.32 Å². The van der Waals surface area contributed by atoms with Gasteiger partial charge in [-0.1, -0.05) is 30.3 Å². The molecule has 0 atom stereocenters. The number of phenolic OH excluding ortho intramolecular Hbond substituents is 1. The van der Waals surface area contributed by atoms with E-state index in [1.165, 1.54) is 0 Å². The maximum absolute atomic E-state index is 13.3. The highest BCUT2D eigenvalue weighted by molar-refractivity contribution is 6.06. The molecule has 0 aliphatic heterocycles. The largest absolute Gasteiger partial charge is 0.504 e. The first-order chi connectivity index (χ1) is 10.9. The van der Waals surface area contributed by atoms with Crippen LogP contribution in [0.5, 0.6) is 5.75 Å². The molecule has 2 aromatic carbocycles. The number of hydrogen-bond acceptors (Lipinski definition) is 3. The van der Waals surface area contributed by atoms with E-state index in [2.05, 4.69) is 5.32 Å². The number of ketones is 1. The highest BCUT2D eigenvalue weighted by Gasteiger charge is 2.21. The summed E-state index contributed by atoms with van der Waals surface area (Å²) < 4.78 is 39.4. The zero-order valence-corrected chi connectivity index (χ0v) is 12.2. The van der Waals surface area contributed by atoms with Crippen LogP contribution in [-0.2, 0) is 6.54 Å². The van der Waals surface area contributed by atoms with Crippen LogP contribution in [0.3, 0.4) is 0 Å². The van der Waals surface area contributed by atoms with Crippen molar-refractivity contribution in [3.05, 3.63) is 76.7 Å². The topological polar surface area (TPSA) is 49.3 Å². The fourth-order valence-corrected chi connectivity index (χ4v) is 1.94. The van der Waals surface area contributed by atoms with E-state index in [-0.39, 0.29) is 0 Å². The van der Waals surface area contributed by atoms with Gasteiger partial charge in [0.15, 0.2) is 23.2 Å². The molecule has 2 N–H and O–H groups in total. The number of benzene rings is 2. The third-order valence-electron chi connectivity index (χ3n) is 3.16. The van der Waals surface area contributed by atoms with Gasteiger partial charge in [0.05, 0.1) is 5.56 Å². The van der Waals surface area contributed by atoms with Gasteiger partial charge in [0.25, 0.3) is 0 Å². The number of hydrogen-bond donors (Lipinski definition) is 2. The molecule has 3 nitrogen and oxygen atoms in total.